The lowest BCUT2D eigenvalue weighted by Gasteiger charge is -2.04. The molecular weight excluding hydrogens is 519 g/mol. The quantitative estimate of drug-likeness (QED) is 0.103. The number of carbonyl (C=O) groups excluding carboxylic acids is 1. The zero-order valence-electron chi connectivity index (χ0n) is 20.8. The number of hydrogen-bond donors (Lipinski definition) is 2. The Balaban J connectivity index is 0.000000671. The number of hydrogen-bond acceptors (Lipinski definition) is 7. The number of anilines is 1. The van der Waals surface area contributed by atoms with Crippen LogP contribution in [0.15, 0.2) is 59.1 Å². The smallest absolute Gasteiger partial charge is 0.361 e. The Bertz CT molecular complexity index is 1090. The van der Waals surface area contributed by atoms with Crippen LogP contribution in [0.4, 0.5) is 19.0 Å². The van der Waals surface area contributed by atoms with E-state index in [1.165, 1.54) is 0 Å². The van der Waals surface area contributed by atoms with Crippen molar-refractivity contribution >= 4 is 47.7 Å². The van der Waals surface area contributed by atoms with Crippen LogP contribution < -0.4 is 10.6 Å². The number of thiazole rings is 1. The highest BCUT2D eigenvalue weighted by Gasteiger charge is 2.08. The van der Waals surface area contributed by atoms with Gasteiger partial charge in [-0.15, -0.1) is 35.9 Å². The summed E-state index contributed by atoms with van der Waals surface area (Å²) >= 11 is 3.27. The highest BCUT2D eigenvalue weighted by atomic mass is 32.2. The summed E-state index contributed by atoms with van der Waals surface area (Å²) in [4.78, 5) is 23.8. The van der Waals surface area contributed by atoms with Gasteiger partial charge in [0.25, 0.3) is 0 Å². The molecule has 0 spiro atoms. The number of amides is 1. The van der Waals surface area contributed by atoms with E-state index in [2.05, 4.69) is 45.2 Å². The number of carbonyl (C=O) groups is 1. The van der Waals surface area contributed by atoms with Crippen molar-refractivity contribution < 1.29 is 18.0 Å². The molecule has 2 aromatic heterocycles. The number of aromatic nitrogens is 2. The summed E-state index contributed by atoms with van der Waals surface area (Å²) in [5.74, 6) is 1.60. The number of nitrogens with zero attached hydrogens (tertiary/aromatic N) is 3. The first-order valence-corrected chi connectivity index (χ1v) is 12.5. The Morgan fingerprint density at radius 2 is 1.81 bits per heavy atom. The van der Waals surface area contributed by atoms with Gasteiger partial charge in [-0.2, -0.15) is 13.2 Å². The van der Waals surface area contributed by atoms with Crippen molar-refractivity contribution in [1.82, 2.24) is 15.3 Å². The molecule has 1 aromatic carbocycles. The van der Waals surface area contributed by atoms with Crippen LogP contribution in [0.25, 0.3) is 5.70 Å². The first-order valence-electron chi connectivity index (χ1n) is 10.6. The van der Waals surface area contributed by atoms with E-state index in [1.807, 2.05) is 74.8 Å². The average molecular weight is 550 g/mol. The van der Waals surface area contributed by atoms with Crippen molar-refractivity contribution in [3.05, 3.63) is 80.8 Å². The van der Waals surface area contributed by atoms with Crippen molar-refractivity contribution in [3.63, 3.8) is 0 Å². The van der Waals surface area contributed by atoms with Gasteiger partial charge in [-0.25, -0.2) is 9.97 Å². The third-order valence-electron chi connectivity index (χ3n) is 3.98. The molecule has 2 heterocycles. The van der Waals surface area contributed by atoms with Gasteiger partial charge in [0.1, 0.15) is 5.82 Å². The normalized spacial score (nSPS) is 9.92. The number of rotatable bonds is 9. The fourth-order valence-corrected chi connectivity index (χ4v) is 4.13. The van der Waals surface area contributed by atoms with Crippen LogP contribution >= 0.6 is 23.1 Å². The molecule has 0 fully saturated rings. The first kappa shape index (κ1) is 33.4. The molecule has 0 aliphatic carbocycles. The van der Waals surface area contributed by atoms with Gasteiger partial charge in [0.15, 0.2) is 0 Å². The lowest BCUT2D eigenvalue weighted by atomic mass is 10.2. The van der Waals surface area contributed by atoms with Gasteiger partial charge in [-0.1, -0.05) is 36.4 Å². The number of benzene rings is 1. The van der Waals surface area contributed by atoms with Crippen molar-refractivity contribution in [3.8, 4) is 12.8 Å². The number of halogens is 3. The molecule has 3 rings (SSSR count). The van der Waals surface area contributed by atoms with Gasteiger partial charge in [0, 0.05) is 12.7 Å². The fraction of sp³-hybridized carbons (Fsp3) is 0.231. The fourth-order valence-electron chi connectivity index (χ4n) is 2.50. The zero-order chi connectivity index (χ0) is 28.1. The molecule has 2 N–H and O–H groups in total. The predicted octanol–water partition coefficient (Wildman–Crippen LogP) is 6.63. The van der Waals surface area contributed by atoms with E-state index in [9.17, 15) is 18.0 Å². The molecule has 6 nitrogen and oxygen atoms in total. The molecule has 3 aromatic rings. The van der Waals surface area contributed by atoms with Crippen molar-refractivity contribution in [2.75, 3.05) is 11.2 Å². The summed E-state index contributed by atoms with van der Waals surface area (Å²) in [7, 11) is 0. The second-order valence-corrected chi connectivity index (χ2v) is 8.81. The van der Waals surface area contributed by atoms with Gasteiger partial charge in [0.05, 0.1) is 27.2 Å². The Labute approximate surface area is 224 Å². The molecule has 0 radical (unpaired) electrons. The topological polar surface area (TPSA) is 79.3 Å². The van der Waals surface area contributed by atoms with Crippen LogP contribution in [0.1, 0.15) is 26.7 Å². The number of aryl methyl sites for hydroxylation is 3. The van der Waals surface area contributed by atoms with E-state index in [0.717, 1.165) is 44.1 Å². The Morgan fingerprint density at radius 1 is 1.16 bits per heavy atom. The second kappa shape index (κ2) is 20.6. The molecule has 0 saturated heterocycles. The third kappa shape index (κ3) is 15.9. The maximum Gasteiger partial charge on any atom is 0.379 e. The first-order chi connectivity index (χ1) is 17.8. The van der Waals surface area contributed by atoms with Crippen LogP contribution in [-0.4, -0.2) is 35.7 Å². The maximum absolute atomic E-state index is 9.87. The van der Waals surface area contributed by atoms with Crippen LogP contribution in [0, 0.1) is 33.6 Å². The Kier molecular flexibility index (Phi) is 18.5. The maximum atomic E-state index is 9.87. The average Bonchev–Trinajstić information content (AvgIpc) is 3.23. The summed E-state index contributed by atoms with van der Waals surface area (Å²) in [5.41, 5.74) is 4.16. The minimum atomic E-state index is -3.67. The van der Waals surface area contributed by atoms with E-state index < -0.39 is 6.68 Å². The second-order valence-electron chi connectivity index (χ2n) is 6.75. The zero-order valence-corrected chi connectivity index (χ0v) is 22.5. The SMILES string of the molecule is C#C.C=N/C(=C\SCNc1ccc(C)cn1)c1sc(C)nc1C.FC(F)F.O=CNCc1ccccc1. The molecule has 0 saturated carbocycles. The third-order valence-corrected chi connectivity index (χ3v) is 5.78. The molecule has 11 heteroatoms. The predicted molar refractivity (Wildman–Crippen MR) is 151 cm³/mol. The van der Waals surface area contributed by atoms with Crippen molar-refractivity contribution in [2.24, 2.45) is 4.99 Å². The summed E-state index contributed by atoms with van der Waals surface area (Å²) in [6.45, 7) is 6.62. The van der Waals surface area contributed by atoms with Gasteiger partial charge >= 0.3 is 6.68 Å². The molecular formula is C26H30F3N5OS2. The molecule has 0 unspecified atom stereocenters. The number of pyridine rings is 1. The Hall–Kier alpha value is -3.62. The van der Waals surface area contributed by atoms with E-state index in [-0.39, 0.29) is 0 Å². The highest BCUT2D eigenvalue weighted by molar-refractivity contribution is 8.02. The monoisotopic (exact) mass is 549 g/mol. The van der Waals surface area contributed by atoms with Crippen molar-refractivity contribution in [2.45, 2.75) is 34.0 Å². The van der Waals surface area contributed by atoms with Crippen LogP contribution in [0.5, 0.6) is 0 Å². The summed E-state index contributed by atoms with van der Waals surface area (Å²) in [6.07, 6.45) is 10.6. The molecule has 0 aliphatic rings. The van der Waals surface area contributed by atoms with E-state index in [0.29, 0.717) is 13.0 Å². The van der Waals surface area contributed by atoms with Crippen LogP contribution in [0.2, 0.25) is 0 Å². The number of aliphatic imine (C=N–C) groups is 1. The molecule has 0 bridgehead atoms. The summed E-state index contributed by atoms with van der Waals surface area (Å²) < 4.78 is 29.0. The van der Waals surface area contributed by atoms with Gasteiger partial charge in [-0.3, -0.25) is 9.79 Å². The van der Waals surface area contributed by atoms with E-state index in [4.69, 9.17) is 0 Å². The van der Waals surface area contributed by atoms with Crippen LogP contribution in [-0.2, 0) is 11.3 Å². The van der Waals surface area contributed by atoms with Gasteiger partial charge in [0.2, 0.25) is 6.41 Å². The van der Waals surface area contributed by atoms with Gasteiger partial charge < -0.3 is 10.6 Å². The largest absolute Gasteiger partial charge is 0.379 e. The number of nitrogens with one attached hydrogen (secondary N) is 2. The van der Waals surface area contributed by atoms with Crippen molar-refractivity contribution in [1.29, 1.82) is 0 Å². The number of alkyl halides is 3. The molecule has 198 valence electrons. The lowest BCUT2D eigenvalue weighted by molar-refractivity contribution is -0.109. The van der Waals surface area contributed by atoms with E-state index in [1.54, 1.807) is 23.1 Å². The molecule has 1 amide bonds. The van der Waals surface area contributed by atoms with Gasteiger partial charge in [-0.05, 0) is 50.1 Å². The van der Waals surface area contributed by atoms with Crippen LogP contribution in [0.3, 0.4) is 0 Å². The molecule has 0 aliphatic heterocycles. The minimum absolute atomic E-state index is 0.615. The Morgan fingerprint density at radius 3 is 2.30 bits per heavy atom. The standard InChI is InChI=1S/C15H18N4S2.C8H9NO.C2H2.CHF3/c1-10-5-6-14(17-7-10)18-9-20-8-13(16-4)15-11(2)19-12(3)21-15;10-7-9-6-8-4-2-1-3-5-8;1-2;2-1(3)4/h5-8H,4,9H2,1-3H3,(H,17,18);1-5,7H,6H2,(H,9,10);1-2H;1H/b13-8-;;;. The number of terminal acetylenes is 1. The van der Waals surface area contributed by atoms with E-state index >= 15 is 0 Å². The minimum Gasteiger partial charge on any atom is -0.361 e. The highest BCUT2D eigenvalue weighted by Crippen LogP contribution is 2.28. The summed E-state index contributed by atoms with van der Waals surface area (Å²) in [6, 6.07) is 13.8. The summed E-state index contributed by atoms with van der Waals surface area (Å²) in [5, 5.41) is 8.89. The lowest BCUT2D eigenvalue weighted by Crippen LogP contribution is -2.09. The number of thioether (sulfide) groups is 1. The molecule has 0 atom stereocenters. The molecule has 37 heavy (non-hydrogen) atoms.